The number of nitrogens with one attached hydrogen (secondary N) is 2. The molecule has 0 heterocycles. The molecule has 184 valence electrons. The van der Waals surface area contributed by atoms with Gasteiger partial charge < -0.3 is 20.1 Å². The number of hydrogen-bond acceptors (Lipinski definition) is 4. The minimum Gasteiger partial charge on any atom is -0.484 e. The van der Waals surface area contributed by atoms with Gasteiger partial charge in [0.2, 0.25) is 0 Å². The minimum atomic E-state index is -0.193. The molecule has 36 heavy (non-hydrogen) atoms. The second-order valence-electron chi connectivity index (χ2n) is 9.23. The number of benzene rings is 4. The van der Waals surface area contributed by atoms with E-state index in [1.54, 1.807) is 0 Å². The molecular weight excluding hydrogens is 452 g/mol. The first-order chi connectivity index (χ1) is 17.6. The lowest BCUT2D eigenvalue weighted by atomic mass is 9.90. The molecule has 1 aliphatic rings. The van der Waals surface area contributed by atoms with Crippen LogP contribution < -0.4 is 20.1 Å². The van der Waals surface area contributed by atoms with E-state index in [2.05, 4.69) is 10.6 Å². The molecule has 4 aromatic rings. The van der Waals surface area contributed by atoms with Crippen LogP contribution in [0.15, 0.2) is 84.9 Å². The Kier molecular flexibility index (Phi) is 7.31. The molecule has 0 bridgehead atoms. The van der Waals surface area contributed by atoms with E-state index in [-0.39, 0.29) is 37.1 Å². The third-order valence-electron chi connectivity index (χ3n) is 6.64. The molecule has 1 saturated carbocycles. The van der Waals surface area contributed by atoms with Crippen LogP contribution in [0.2, 0.25) is 0 Å². The molecule has 2 atom stereocenters. The van der Waals surface area contributed by atoms with Crippen molar-refractivity contribution in [2.75, 3.05) is 13.2 Å². The van der Waals surface area contributed by atoms with Gasteiger partial charge in [-0.15, -0.1) is 0 Å². The van der Waals surface area contributed by atoms with Gasteiger partial charge in [-0.2, -0.15) is 0 Å². The lowest BCUT2D eigenvalue weighted by Gasteiger charge is -2.32. The van der Waals surface area contributed by atoms with Gasteiger partial charge in [0.1, 0.15) is 11.5 Å². The van der Waals surface area contributed by atoms with Crippen molar-refractivity contribution < 1.29 is 19.1 Å². The number of rotatable bonds is 8. The van der Waals surface area contributed by atoms with E-state index >= 15 is 0 Å². The van der Waals surface area contributed by atoms with Crippen molar-refractivity contribution in [1.29, 1.82) is 0 Å². The molecular formula is C30H30N2O4. The maximum Gasteiger partial charge on any atom is 0.258 e. The summed E-state index contributed by atoms with van der Waals surface area (Å²) in [6, 6.07) is 27.3. The number of fused-ring (bicyclic) bond motifs is 2. The zero-order chi connectivity index (χ0) is 24.7. The summed E-state index contributed by atoms with van der Waals surface area (Å²) < 4.78 is 11.5. The molecule has 6 nitrogen and oxygen atoms in total. The van der Waals surface area contributed by atoms with Crippen LogP contribution in [0.5, 0.6) is 11.5 Å². The van der Waals surface area contributed by atoms with Gasteiger partial charge in [0, 0.05) is 12.1 Å². The molecule has 0 aromatic heterocycles. The fourth-order valence-corrected chi connectivity index (χ4v) is 4.79. The Morgan fingerprint density at radius 1 is 0.611 bits per heavy atom. The summed E-state index contributed by atoms with van der Waals surface area (Å²) in [5.74, 6) is 0.926. The Bertz CT molecular complexity index is 1260. The van der Waals surface area contributed by atoms with Crippen LogP contribution in [0, 0.1) is 0 Å². The van der Waals surface area contributed by atoms with Gasteiger partial charge >= 0.3 is 0 Å². The van der Waals surface area contributed by atoms with E-state index in [0.717, 1.165) is 47.2 Å². The first kappa shape index (κ1) is 23.7. The third-order valence-corrected chi connectivity index (χ3v) is 6.64. The first-order valence-electron chi connectivity index (χ1n) is 12.5. The van der Waals surface area contributed by atoms with E-state index in [1.165, 1.54) is 0 Å². The van der Waals surface area contributed by atoms with Crippen LogP contribution in [-0.2, 0) is 9.59 Å². The molecule has 0 spiro atoms. The Hall–Kier alpha value is -4.06. The van der Waals surface area contributed by atoms with E-state index < -0.39 is 0 Å². The van der Waals surface area contributed by atoms with Crippen molar-refractivity contribution in [3.05, 3.63) is 84.9 Å². The molecule has 1 fully saturated rings. The van der Waals surface area contributed by atoms with Gasteiger partial charge in [0.15, 0.2) is 13.2 Å². The fraction of sp³-hybridized carbons (Fsp3) is 0.267. The second-order valence-corrected chi connectivity index (χ2v) is 9.23. The van der Waals surface area contributed by atoms with Crippen LogP contribution >= 0.6 is 0 Å². The lowest BCUT2D eigenvalue weighted by Crippen LogP contribution is -2.54. The maximum absolute atomic E-state index is 12.6. The predicted molar refractivity (Wildman–Crippen MR) is 141 cm³/mol. The van der Waals surface area contributed by atoms with Crippen molar-refractivity contribution in [2.24, 2.45) is 0 Å². The van der Waals surface area contributed by atoms with Crippen molar-refractivity contribution in [2.45, 2.75) is 37.8 Å². The predicted octanol–water partition coefficient (Wildman–Crippen LogP) is 4.99. The Labute approximate surface area is 210 Å². The molecule has 0 aliphatic heterocycles. The monoisotopic (exact) mass is 482 g/mol. The summed E-state index contributed by atoms with van der Waals surface area (Å²) in [5, 5.41) is 10.5. The van der Waals surface area contributed by atoms with Gasteiger partial charge in [0.05, 0.1) is 0 Å². The number of ether oxygens (including phenoxy) is 2. The molecule has 2 N–H and O–H groups in total. The Balaban J connectivity index is 1.11. The molecule has 2 unspecified atom stereocenters. The molecule has 0 radical (unpaired) electrons. The summed E-state index contributed by atoms with van der Waals surface area (Å²) in [4.78, 5) is 25.2. The Morgan fingerprint density at radius 3 is 1.47 bits per heavy atom. The normalized spacial score (nSPS) is 17.4. The second kappa shape index (κ2) is 11.1. The van der Waals surface area contributed by atoms with Crippen molar-refractivity contribution in [3.8, 4) is 11.5 Å². The number of carbonyl (C=O) groups excluding carboxylic acids is 2. The van der Waals surface area contributed by atoms with Crippen LogP contribution in [0.25, 0.3) is 21.5 Å². The number of carbonyl (C=O) groups is 2. The highest BCUT2D eigenvalue weighted by molar-refractivity contribution is 5.85. The van der Waals surface area contributed by atoms with Crippen molar-refractivity contribution in [1.82, 2.24) is 10.6 Å². The average molecular weight is 483 g/mol. The Morgan fingerprint density at radius 2 is 1.03 bits per heavy atom. The van der Waals surface area contributed by atoms with Gasteiger partial charge in [-0.3, -0.25) is 9.59 Å². The van der Waals surface area contributed by atoms with Crippen LogP contribution in [0.3, 0.4) is 0 Å². The molecule has 2 amide bonds. The van der Waals surface area contributed by atoms with Gasteiger partial charge in [-0.1, -0.05) is 73.5 Å². The minimum absolute atomic E-state index is 0.0689. The molecule has 1 aliphatic carbocycles. The fourth-order valence-electron chi connectivity index (χ4n) is 4.79. The summed E-state index contributed by atoms with van der Waals surface area (Å²) in [6.45, 7) is -0.138. The highest BCUT2D eigenvalue weighted by atomic mass is 16.5. The van der Waals surface area contributed by atoms with Crippen LogP contribution in [0.4, 0.5) is 0 Å². The summed E-state index contributed by atoms with van der Waals surface area (Å²) in [6.07, 6.45) is 3.66. The zero-order valence-electron chi connectivity index (χ0n) is 20.1. The summed E-state index contributed by atoms with van der Waals surface area (Å²) in [7, 11) is 0. The van der Waals surface area contributed by atoms with Crippen molar-refractivity contribution in [3.63, 3.8) is 0 Å². The van der Waals surface area contributed by atoms with E-state index in [9.17, 15) is 9.59 Å². The van der Waals surface area contributed by atoms with Crippen molar-refractivity contribution >= 4 is 33.4 Å². The van der Waals surface area contributed by atoms with Crippen LogP contribution in [0.1, 0.15) is 25.7 Å². The van der Waals surface area contributed by atoms with Gasteiger partial charge in [-0.05, 0) is 58.7 Å². The maximum atomic E-state index is 12.6. The van der Waals surface area contributed by atoms with E-state index in [0.29, 0.717) is 11.5 Å². The third kappa shape index (κ3) is 5.95. The molecule has 0 saturated heterocycles. The highest BCUT2D eigenvalue weighted by Gasteiger charge is 2.28. The quantitative estimate of drug-likeness (QED) is 0.371. The standard InChI is InChI=1S/C30H30N2O4/c33-29(19-35-25-15-13-21-7-1-3-9-23(21)17-25)31-27-11-5-6-12-28(27)32-30(34)20-36-26-16-14-22-8-2-4-10-24(22)18-26/h1-4,7-10,13-18,27-28H,5-6,11-12,19-20H2,(H,31,33)(H,32,34). The van der Waals surface area contributed by atoms with E-state index in [1.807, 2.05) is 84.9 Å². The molecule has 4 aromatic carbocycles. The summed E-state index contributed by atoms with van der Waals surface area (Å²) in [5.41, 5.74) is 0. The molecule has 5 rings (SSSR count). The van der Waals surface area contributed by atoms with Gasteiger partial charge in [0.25, 0.3) is 11.8 Å². The smallest absolute Gasteiger partial charge is 0.258 e. The van der Waals surface area contributed by atoms with E-state index in [4.69, 9.17) is 9.47 Å². The number of hydrogen-bond donors (Lipinski definition) is 2. The molecule has 6 heteroatoms. The average Bonchev–Trinajstić information content (AvgIpc) is 2.91. The van der Waals surface area contributed by atoms with Gasteiger partial charge in [-0.25, -0.2) is 0 Å². The first-order valence-corrected chi connectivity index (χ1v) is 12.5. The zero-order valence-corrected chi connectivity index (χ0v) is 20.1. The topological polar surface area (TPSA) is 76.7 Å². The van der Waals surface area contributed by atoms with Crippen LogP contribution in [-0.4, -0.2) is 37.1 Å². The highest BCUT2D eigenvalue weighted by Crippen LogP contribution is 2.22. The number of amides is 2. The lowest BCUT2D eigenvalue weighted by molar-refractivity contribution is -0.127. The largest absolute Gasteiger partial charge is 0.484 e. The SMILES string of the molecule is O=C(COc1ccc2ccccc2c1)NC1CCCCC1NC(=O)COc1ccc2ccccc2c1. The summed E-state index contributed by atoms with van der Waals surface area (Å²) >= 11 is 0.